The average molecular weight is 371 g/mol. The maximum atomic E-state index is 13.2. The van der Waals surface area contributed by atoms with Crippen LogP contribution in [0.4, 0.5) is 4.39 Å². The van der Waals surface area contributed by atoms with Crippen LogP contribution in [0, 0.1) is 17.7 Å². The van der Waals surface area contributed by atoms with Crippen LogP contribution in [0.15, 0.2) is 34.4 Å². The van der Waals surface area contributed by atoms with E-state index in [9.17, 15) is 9.18 Å². The molecule has 2 aromatic heterocycles. The van der Waals surface area contributed by atoms with E-state index in [2.05, 4.69) is 23.7 Å². The number of aromatic nitrogens is 2. The van der Waals surface area contributed by atoms with Gasteiger partial charge >= 0.3 is 0 Å². The number of piperidine rings is 1. The fourth-order valence-electron chi connectivity index (χ4n) is 4.04. The highest BCUT2D eigenvalue weighted by Gasteiger charge is 2.23. The standard InChI is InChI=1S/C20H22FN3OS/c1-12-7-13(2)9-24(8-12)10-17-22-19(25)18-16(11-26-20(18)23-17)14-3-5-15(21)6-4-14/h3-6,11-13H,7-10H2,1-2H3,(H,22,23,25)/t12-,13-/m1/s1. The molecular weight excluding hydrogens is 349 g/mol. The van der Waals surface area contributed by atoms with Crippen molar-refractivity contribution in [2.45, 2.75) is 26.8 Å². The molecule has 136 valence electrons. The van der Waals surface area contributed by atoms with Gasteiger partial charge in [-0.2, -0.15) is 0 Å². The molecule has 0 aliphatic carbocycles. The number of thiophene rings is 1. The van der Waals surface area contributed by atoms with Gasteiger partial charge in [0.25, 0.3) is 5.56 Å². The molecule has 1 saturated heterocycles. The number of nitrogens with one attached hydrogen (secondary N) is 1. The van der Waals surface area contributed by atoms with E-state index in [4.69, 9.17) is 4.98 Å². The van der Waals surface area contributed by atoms with Gasteiger partial charge in [-0.25, -0.2) is 9.37 Å². The topological polar surface area (TPSA) is 49.0 Å². The van der Waals surface area contributed by atoms with Gasteiger partial charge in [0.2, 0.25) is 0 Å². The fourth-order valence-corrected chi connectivity index (χ4v) is 5.01. The van der Waals surface area contributed by atoms with E-state index in [-0.39, 0.29) is 11.4 Å². The lowest BCUT2D eigenvalue weighted by Crippen LogP contribution is -2.38. The SMILES string of the molecule is C[C@@H]1C[C@@H](C)CN(Cc2nc3scc(-c4ccc(F)cc4)c3c(=O)[nH]2)C1. The van der Waals surface area contributed by atoms with Crippen LogP contribution in [-0.2, 0) is 6.54 Å². The minimum atomic E-state index is -0.285. The first-order valence-corrected chi connectivity index (χ1v) is 9.86. The first-order valence-electron chi connectivity index (χ1n) is 8.98. The predicted molar refractivity (Wildman–Crippen MR) is 104 cm³/mol. The summed E-state index contributed by atoms with van der Waals surface area (Å²) in [6.07, 6.45) is 1.26. The Morgan fingerprint density at radius 2 is 1.92 bits per heavy atom. The third-order valence-corrected chi connectivity index (χ3v) is 5.84. The molecule has 4 rings (SSSR count). The van der Waals surface area contributed by atoms with Gasteiger partial charge in [0.1, 0.15) is 16.5 Å². The van der Waals surface area contributed by atoms with E-state index < -0.39 is 0 Å². The first kappa shape index (κ1) is 17.4. The molecule has 2 atom stereocenters. The van der Waals surface area contributed by atoms with Crippen LogP contribution in [0.3, 0.4) is 0 Å². The van der Waals surface area contributed by atoms with Gasteiger partial charge in [-0.05, 0) is 36.0 Å². The van der Waals surface area contributed by atoms with Gasteiger partial charge in [0.05, 0.1) is 11.9 Å². The van der Waals surface area contributed by atoms with Crippen molar-refractivity contribution in [3.05, 3.63) is 51.6 Å². The van der Waals surface area contributed by atoms with E-state index in [0.29, 0.717) is 23.8 Å². The molecule has 0 saturated carbocycles. The Bertz CT molecular complexity index is 969. The number of fused-ring (bicyclic) bond motifs is 1. The lowest BCUT2D eigenvalue weighted by Gasteiger charge is -2.34. The van der Waals surface area contributed by atoms with E-state index in [1.807, 2.05) is 5.38 Å². The molecule has 26 heavy (non-hydrogen) atoms. The maximum absolute atomic E-state index is 13.2. The molecule has 3 aromatic rings. The Morgan fingerprint density at radius 1 is 1.23 bits per heavy atom. The predicted octanol–water partition coefficient (Wildman–Crippen LogP) is 4.27. The van der Waals surface area contributed by atoms with Crippen LogP contribution < -0.4 is 5.56 Å². The number of likely N-dealkylation sites (tertiary alicyclic amines) is 1. The van der Waals surface area contributed by atoms with E-state index >= 15 is 0 Å². The largest absolute Gasteiger partial charge is 0.309 e. The number of H-pyrrole nitrogens is 1. The summed E-state index contributed by atoms with van der Waals surface area (Å²) in [6, 6.07) is 6.21. The number of halogens is 1. The average Bonchev–Trinajstić information content (AvgIpc) is 2.99. The van der Waals surface area contributed by atoms with Crippen molar-refractivity contribution in [3.8, 4) is 11.1 Å². The molecule has 1 N–H and O–H groups in total. The van der Waals surface area contributed by atoms with Crippen molar-refractivity contribution in [2.75, 3.05) is 13.1 Å². The summed E-state index contributed by atoms with van der Waals surface area (Å²) in [5.74, 6) is 1.77. The lowest BCUT2D eigenvalue weighted by molar-refractivity contribution is 0.131. The second kappa shape index (κ2) is 6.93. The van der Waals surface area contributed by atoms with Crippen molar-refractivity contribution < 1.29 is 4.39 Å². The van der Waals surface area contributed by atoms with Gasteiger partial charge in [-0.1, -0.05) is 26.0 Å². The number of hydrogen-bond acceptors (Lipinski definition) is 4. The number of aromatic amines is 1. The monoisotopic (exact) mass is 371 g/mol. The summed E-state index contributed by atoms with van der Waals surface area (Å²) in [6.45, 7) is 7.30. The number of rotatable bonds is 3. The highest BCUT2D eigenvalue weighted by atomic mass is 32.1. The molecule has 0 unspecified atom stereocenters. The van der Waals surface area contributed by atoms with E-state index in [1.54, 1.807) is 12.1 Å². The van der Waals surface area contributed by atoms with Crippen LogP contribution in [0.5, 0.6) is 0 Å². The fraction of sp³-hybridized carbons (Fsp3) is 0.400. The number of benzene rings is 1. The first-order chi connectivity index (χ1) is 12.5. The highest BCUT2D eigenvalue weighted by Crippen LogP contribution is 2.31. The Kier molecular flexibility index (Phi) is 4.63. The minimum Gasteiger partial charge on any atom is -0.309 e. The second-order valence-corrected chi connectivity index (χ2v) is 8.35. The molecule has 1 aliphatic heterocycles. The van der Waals surface area contributed by atoms with Gasteiger partial charge in [0, 0.05) is 24.0 Å². The van der Waals surface area contributed by atoms with Crippen LogP contribution in [0.25, 0.3) is 21.3 Å². The summed E-state index contributed by atoms with van der Waals surface area (Å²) >= 11 is 1.46. The highest BCUT2D eigenvalue weighted by molar-refractivity contribution is 7.17. The van der Waals surface area contributed by atoms with E-state index in [0.717, 1.165) is 34.9 Å². The number of nitrogens with zero attached hydrogens (tertiary/aromatic N) is 2. The molecule has 1 aromatic carbocycles. The van der Waals surface area contributed by atoms with Crippen molar-refractivity contribution in [1.82, 2.24) is 14.9 Å². The zero-order valence-corrected chi connectivity index (χ0v) is 15.8. The van der Waals surface area contributed by atoms with Gasteiger partial charge in [-0.15, -0.1) is 11.3 Å². The smallest absolute Gasteiger partial charge is 0.260 e. The van der Waals surface area contributed by atoms with Gasteiger partial charge in [-0.3, -0.25) is 9.69 Å². The van der Waals surface area contributed by atoms with Crippen molar-refractivity contribution >= 4 is 21.6 Å². The van der Waals surface area contributed by atoms with Gasteiger partial charge in [0.15, 0.2) is 0 Å². The summed E-state index contributed by atoms with van der Waals surface area (Å²) in [7, 11) is 0. The zero-order valence-electron chi connectivity index (χ0n) is 15.0. The quantitative estimate of drug-likeness (QED) is 0.748. The Morgan fingerprint density at radius 3 is 2.62 bits per heavy atom. The third kappa shape index (κ3) is 3.44. The summed E-state index contributed by atoms with van der Waals surface area (Å²) in [5.41, 5.74) is 1.52. The van der Waals surface area contributed by atoms with Crippen LogP contribution >= 0.6 is 11.3 Å². The van der Waals surface area contributed by atoms with Crippen LogP contribution in [0.1, 0.15) is 26.1 Å². The Labute approximate surface area is 155 Å². The molecule has 3 heterocycles. The van der Waals surface area contributed by atoms with Crippen LogP contribution in [0.2, 0.25) is 0 Å². The molecule has 0 amide bonds. The van der Waals surface area contributed by atoms with Gasteiger partial charge < -0.3 is 4.98 Å². The van der Waals surface area contributed by atoms with E-state index in [1.165, 1.54) is 29.9 Å². The molecule has 0 radical (unpaired) electrons. The molecule has 1 aliphatic rings. The molecule has 6 heteroatoms. The summed E-state index contributed by atoms with van der Waals surface area (Å²) in [4.78, 5) is 23.5. The molecule has 0 bridgehead atoms. The molecule has 4 nitrogen and oxygen atoms in total. The van der Waals surface area contributed by atoms with Crippen molar-refractivity contribution in [2.24, 2.45) is 11.8 Å². The normalized spacial score (nSPS) is 21.3. The molecule has 0 spiro atoms. The lowest BCUT2D eigenvalue weighted by atomic mass is 9.92. The Balaban J connectivity index is 1.66. The Hall–Kier alpha value is -2.05. The number of hydrogen-bond donors (Lipinski definition) is 1. The van der Waals surface area contributed by atoms with Crippen molar-refractivity contribution in [3.63, 3.8) is 0 Å². The van der Waals surface area contributed by atoms with Crippen LogP contribution in [-0.4, -0.2) is 28.0 Å². The molecular formula is C20H22FN3OS. The minimum absolute atomic E-state index is 0.122. The third-order valence-electron chi connectivity index (χ3n) is 4.97. The maximum Gasteiger partial charge on any atom is 0.260 e. The van der Waals surface area contributed by atoms with Crippen molar-refractivity contribution in [1.29, 1.82) is 0 Å². The summed E-state index contributed by atoms with van der Waals surface area (Å²) in [5, 5.41) is 2.51. The zero-order chi connectivity index (χ0) is 18.3. The summed E-state index contributed by atoms with van der Waals surface area (Å²) < 4.78 is 13.2. The molecule has 1 fully saturated rings. The second-order valence-electron chi connectivity index (χ2n) is 7.49.